The number of fused-ring (bicyclic) bond motifs is 2. The standard InChI is InChI=1S/C29H21FN2O3/c30-23-12-9-19(10-13-23)18-35-28-14-11-20-5-3-4-8-24(20)26(28)17-31-32-29(34)25-15-21-6-1-2-7-22(21)16-27(25)33/h1-17,33H,18H2,(H,32,34). The fourth-order valence-corrected chi connectivity index (χ4v) is 3.90. The molecule has 1 amide bonds. The number of carbonyl (C=O) groups is 1. The van der Waals surface area contributed by atoms with Crippen LogP contribution in [0.5, 0.6) is 11.5 Å². The van der Waals surface area contributed by atoms with Crippen molar-refractivity contribution >= 4 is 33.7 Å². The van der Waals surface area contributed by atoms with Crippen molar-refractivity contribution in [1.82, 2.24) is 5.43 Å². The summed E-state index contributed by atoms with van der Waals surface area (Å²) >= 11 is 0. The lowest BCUT2D eigenvalue weighted by atomic mass is 10.0. The number of amides is 1. The summed E-state index contributed by atoms with van der Waals surface area (Å²) in [5.74, 6) is -0.386. The number of phenols is 1. The second-order valence-corrected chi connectivity index (χ2v) is 8.03. The van der Waals surface area contributed by atoms with Crippen molar-refractivity contribution in [2.45, 2.75) is 6.61 Å². The van der Waals surface area contributed by atoms with Crippen LogP contribution in [0.3, 0.4) is 0 Å². The van der Waals surface area contributed by atoms with Crippen LogP contribution in [0.2, 0.25) is 0 Å². The van der Waals surface area contributed by atoms with Crippen molar-refractivity contribution in [3.8, 4) is 11.5 Å². The van der Waals surface area contributed by atoms with Crippen molar-refractivity contribution in [3.05, 3.63) is 120 Å². The molecule has 5 aromatic carbocycles. The van der Waals surface area contributed by atoms with E-state index in [1.165, 1.54) is 18.3 Å². The molecule has 0 aliphatic rings. The number of rotatable bonds is 6. The molecule has 5 rings (SSSR count). The van der Waals surface area contributed by atoms with E-state index < -0.39 is 5.91 Å². The Labute approximate surface area is 201 Å². The summed E-state index contributed by atoms with van der Waals surface area (Å²) in [6.07, 6.45) is 1.53. The topological polar surface area (TPSA) is 70.9 Å². The largest absolute Gasteiger partial charge is 0.507 e. The van der Waals surface area contributed by atoms with Crippen LogP contribution in [-0.2, 0) is 6.61 Å². The van der Waals surface area contributed by atoms with E-state index in [1.54, 1.807) is 24.3 Å². The fourth-order valence-electron chi connectivity index (χ4n) is 3.90. The normalized spacial score (nSPS) is 11.2. The Balaban J connectivity index is 1.40. The summed E-state index contributed by atoms with van der Waals surface area (Å²) < 4.78 is 19.2. The molecule has 6 heteroatoms. The molecule has 0 fully saturated rings. The van der Waals surface area contributed by atoms with E-state index in [9.17, 15) is 14.3 Å². The molecule has 0 radical (unpaired) electrons. The molecule has 5 aromatic rings. The average Bonchev–Trinajstić information content (AvgIpc) is 2.88. The highest BCUT2D eigenvalue weighted by atomic mass is 19.1. The maximum Gasteiger partial charge on any atom is 0.275 e. The van der Waals surface area contributed by atoms with E-state index in [0.29, 0.717) is 11.3 Å². The molecule has 0 unspecified atom stereocenters. The first kappa shape index (κ1) is 22.1. The van der Waals surface area contributed by atoms with Crippen LogP contribution in [0.4, 0.5) is 4.39 Å². The number of hydrogen-bond acceptors (Lipinski definition) is 4. The predicted octanol–water partition coefficient (Wildman–Crippen LogP) is 6.18. The lowest BCUT2D eigenvalue weighted by Crippen LogP contribution is -2.17. The Kier molecular flexibility index (Phi) is 6.09. The van der Waals surface area contributed by atoms with Crippen molar-refractivity contribution in [2.75, 3.05) is 0 Å². The Bertz CT molecular complexity index is 1560. The third-order valence-electron chi connectivity index (χ3n) is 5.71. The van der Waals surface area contributed by atoms with Gasteiger partial charge in [-0.15, -0.1) is 0 Å². The van der Waals surface area contributed by atoms with E-state index in [4.69, 9.17) is 4.74 Å². The SMILES string of the molecule is O=C(NN=Cc1c(OCc2ccc(F)cc2)ccc2ccccc12)c1cc2ccccc2cc1O. The minimum atomic E-state index is -0.529. The molecule has 0 spiro atoms. The molecule has 0 aliphatic carbocycles. The number of phenolic OH excluding ortho intramolecular Hbond substituents is 1. The second-order valence-electron chi connectivity index (χ2n) is 8.03. The average molecular weight is 464 g/mol. The maximum absolute atomic E-state index is 13.2. The van der Waals surface area contributed by atoms with Gasteiger partial charge in [-0.25, -0.2) is 9.82 Å². The number of ether oxygens (including phenoxy) is 1. The van der Waals surface area contributed by atoms with Crippen molar-refractivity contribution in [1.29, 1.82) is 0 Å². The van der Waals surface area contributed by atoms with Gasteiger partial charge in [-0.05, 0) is 57.4 Å². The number of carbonyl (C=O) groups excluding carboxylic acids is 1. The van der Waals surface area contributed by atoms with Gasteiger partial charge in [-0.1, -0.05) is 66.7 Å². The smallest absolute Gasteiger partial charge is 0.275 e. The summed E-state index contributed by atoms with van der Waals surface area (Å²) in [6, 6.07) is 28.3. The Morgan fingerprint density at radius 1 is 0.886 bits per heavy atom. The van der Waals surface area contributed by atoms with Gasteiger partial charge in [0, 0.05) is 5.56 Å². The lowest BCUT2D eigenvalue weighted by Gasteiger charge is -2.12. The third-order valence-corrected chi connectivity index (χ3v) is 5.71. The van der Waals surface area contributed by atoms with E-state index in [-0.39, 0.29) is 23.7 Å². The first-order valence-electron chi connectivity index (χ1n) is 11.0. The molecule has 172 valence electrons. The number of halogens is 1. The third kappa shape index (κ3) is 4.82. The number of hydrazone groups is 1. The first-order valence-corrected chi connectivity index (χ1v) is 11.0. The van der Waals surface area contributed by atoms with Gasteiger partial charge in [-0.3, -0.25) is 4.79 Å². The minimum absolute atomic E-state index is 0.120. The second kappa shape index (κ2) is 9.65. The lowest BCUT2D eigenvalue weighted by molar-refractivity contribution is 0.0952. The zero-order valence-corrected chi connectivity index (χ0v) is 18.6. The van der Waals surface area contributed by atoms with Gasteiger partial charge in [0.15, 0.2) is 0 Å². The summed E-state index contributed by atoms with van der Waals surface area (Å²) in [7, 11) is 0. The van der Waals surface area contributed by atoms with Gasteiger partial charge >= 0.3 is 0 Å². The van der Waals surface area contributed by atoms with E-state index in [1.807, 2.05) is 60.7 Å². The van der Waals surface area contributed by atoms with Gasteiger partial charge in [-0.2, -0.15) is 5.10 Å². The number of nitrogens with one attached hydrogen (secondary N) is 1. The van der Waals surface area contributed by atoms with Crippen LogP contribution >= 0.6 is 0 Å². The Morgan fingerprint density at radius 3 is 2.34 bits per heavy atom. The molecule has 35 heavy (non-hydrogen) atoms. The van der Waals surface area contributed by atoms with Gasteiger partial charge in [0.2, 0.25) is 0 Å². The Morgan fingerprint density at radius 2 is 1.57 bits per heavy atom. The van der Waals surface area contributed by atoms with Crippen molar-refractivity contribution < 1.29 is 19.0 Å². The molecule has 0 atom stereocenters. The molecular weight excluding hydrogens is 443 g/mol. The molecule has 0 heterocycles. The van der Waals surface area contributed by atoms with Gasteiger partial charge in [0.1, 0.15) is 23.9 Å². The fraction of sp³-hybridized carbons (Fsp3) is 0.0345. The van der Waals surface area contributed by atoms with Crippen LogP contribution in [0.15, 0.2) is 102 Å². The maximum atomic E-state index is 13.2. The molecular formula is C29H21FN2O3. The summed E-state index contributed by atoms with van der Waals surface area (Å²) in [4.78, 5) is 12.7. The molecule has 0 saturated heterocycles. The summed E-state index contributed by atoms with van der Waals surface area (Å²) in [5.41, 5.74) is 4.14. The first-order chi connectivity index (χ1) is 17.1. The van der Waals surface area contributed by atoms with E-state index in [2.05, 4.69) is 10.5 Å². The van der Waals surface area contributed by atoms with E-state index in [0.717, 1.165) is 27.1 Å². The molecule has 5 nitrogen and oxygen atoms in total. The number of aromatic hydroxyl groups is 1. The zero-order valence-electron chi connectivity index (χ0n) is 18.6. The van der Waals surface area contributed by atoms with Crippen molar-refractivity contribution in [2.24, 2.45) is 5.10 Å². The van der Waals surface area contributed by atoms with Crippen LogP contribution in [0.25, 0.3) is 21.5 Å². The van der Waals surface area contributed by atoms with Gasteiger partial charge < -0.3 is 9.84 Å². The van der Waals surface area contributed by atoms with Crippen LogP contribution in [0, 0.1) is 5.82 Å². The van der Waals surface area contributed by atoms with Crippen molar-refractivity contribution in [3.63, 3.8) is 0 Å². The molecule has 0 saturated carbocycles. The number of benzene rings is 5. The predicted molar refractivity (Wildman–Crippen MR) is 135 cm³/mol. The molecule has 0 aliphatic heterocycles. The molecule has 0 aromatic heterocycles. The number of nitrogens with zero attached hydrogens (tertiary/aromatic N) is 1. The zero-order chi connectivity index (χ0) is 24.2. The highest BCUT2D eigenvalue weighted by molar-refractivity contribution is 6.04. The monoisotopic (exact) mass is 464 g/mol. The minimum Gasteiger partial charge on any atom is -0.507 e. The van der Waals surface area contributed by atoms with Crippen LogP contribution in [0.1, 0.15) is 21.5 Å². The summed E-state index contributed by atoms with van der Waals surface area (Å²) in [6.45, 7) is 0.247. The quantitative estimate of drug-likeness (QED) is 0.233. The van der Waals surface area contributed by atoms with Gasteiger partial charge in [0.25, 0.3) is 5.91 Å². The van der Waals surface area contributed by atoms with Gasteiger partial charge in [0.05, 0.1) is 11.8 Å². The highest BCUT2D eigenvalue weighted by Crippen LogP contribution is 2.28. The van der Waals surface area contributed by atoms with E-state index >= 15 is 0 Å². The van der Waals surface area contributed by atoms with Crippen LogP contribution in [-0.4, -0.2) is 17.2 Å². The highest BCUT2D eigenvalue weighted by Gasteiger charge is 2.13. The number of hydrogen-bond donors (Lipinski definition) is 2. The molecule has 2 N–H and O–H groups in total. The summed E-state index contributed by atoms with van der Waals surface area (Å²) in [5, 5.41) is 18.0. The van der Waals surface area contributed by atoms with Crippen LogP contribution < -0.4 is 10.2 Å². The molecule has 0 bridgehead atoms. The Hall–Kier alpha value is -4.71.